The molecule has 1 aromatic heterocycles. The highest BCUT2D eigenvalue weighted by atomic mass is 35.5. The van der Waals surface area contributed by atoms with E-state index in [1.807, 2.05) is 0 Å². The van der Waals surface area contributed by atoms with Crippen LogP contribution in [0.25, 0.3) is 0 Å². The lowest BCUT2D eigenvalue weighted by atomic mass is 9.93. The minimum Gasteiger partial charge on any atom is -0.378 e. The molecule has 1 aliphatic rings. The van der Waals surface area contributed by atoms with E-state index in [0.717, 1.165) is 25.4 Å². The summed E-state index contributed by atoms with van der Waals surface area (Å²) in [4.78, 5) is 8.15. The minimum absolute atomic E-state index is 0.342. The van der Waals surface area contributed by atoms with Gasteiger partial charge in [0.25, 0.3) is 0 Å². The lowest BCUT2D eigenvalue weighted by Crippen LogP contribution is -2.28. The molecule has 1 saturated heterocycles. The molecule has 0 amide bonds. The van der Waals surface area contributed by atoms with Gasteiger partial charge in [0.15, 0.2) is 0 Å². The van der Waals surface area contributed by atoms with Crippen LogP contribution >= 0.6 is 11.6 Å². The Morgan fingerprint density at radius 1 is 1.53 bits per heavy atom. The van der Waals surface area contributed by atoms with Crippen molar-refractivity contribution >= 4 is 17.4 Å². The summed E-state index contributed by atoms with van der Waals surface area (Å²) in [6.07, 6.45) is 4.66. The first-order valence-electron chi connectivity index (χ1n) is 6.00. The van der Waals surface area contributed by atoms with Crippen molar-refractivity contribution in [2.75, 3.05) is 18.5 Å². The fraction of sp³-hybridized carbons (Fsp3) is 0.667. The van der Waals surface area contributed by atoms with E-state index in [9.17, 15) is 0 Å². The first kappa shape index (κ1) is 12.6. The Morgan fingerprint density at radius 2 is 2.35 bits per heavy atom. The summed E-state index contributed by atoms with van der Waals surface area (Å²) >= 11 is 5.78. The van der Waals surface area contributed by atoms with Gasteiger partial charge in [0, 0.05) is 19.1 Å². The van der Waals surface area contributed by atoms with Crippen LogP contribution in [0.4, 0.5) is 5.82 Å². The Morgan fingerprint density at radius 3 is 3.06 bits per heavy atom. The van der Waals surface area contributed by atoms with Gasteiger partial charge in [-0.15, -0.1) is 0 Å². The van der Waals surface area contributed by atoms with Crippen LogP contribution in [0.3, 0.4) is 0 Å². The first-order chi connectivity index (χ1) is 8.16. The van der Waals surface area contributed by atoms with Crippen molar-refractivity contribution in [3.63, 3.8) is 0 Å². The molecular formula is C12H18ClN3O. The third kappa shape index (κ3) is 3.30. The quantitative estimate of drug-likeness (QED) is 0.899. The second kappa shape index (κ2) is 5.65. The van der Waals surface area contributed by atoms with Gasteiger partial charge in [-0.2, -0.15) is 0 Å². The standard InChI is InChI=1S/C12H18ClN3O/c1-8(2)12-9(3-4-17-12)5-15-11-7-14-6-10(13)16-11/h6-9,12H,3-5H2,1-2H3,(H,15,16)/t9-,12-/m0/s1. The van der Waals surface area contributed by atoms with Crippen LogP contribution in [0, 0.1) is 11.8 Å². The van der Waals surface area contributed by atoms with E-state index in [-0.39, 0.29) is 0 Å². The molecule has 5 heteroatoms. The van der Waals surface area contributed by atoms with Gasteiger partial charge in [0.2, 0.25) is 0 Å². The van der Waals surface area contributed by atoms with Gasteiger partial charge in [0.1, 0.15) is 11.0 Å². The summed E-state index contributed by atoms with van der Waals surface area (Å²) < 4.78 is 5.74. The highest BCUT2D eigenvalue weighted by Crippen LogP contribution is 2.26. The molecule has 1 aliphatic heterocycles. The summed E-state index contributed by atoms with van der Waals surface area (Å²) in [6.45, 7) is 6.11. The van der Waals surface area contributed by atoms with E-state index >= 15 is 0 Å². The maximum absolute atomic E-state index is 5.78. The number of rotatable bonds is 4. The normalized spacial score (nSPS) is 24.2. The molecule has 0 aromatic carbocycles. The lowest BCUT2D eigenvalue weighted by molar-refractivity contribution is 0.0566. The molecular weight excluding hydrogens is 238 g/mol. The number of halogens is 1. The molecule has 0 spiro atoms. The second-order valence-corrected chi connectivity index (χ2v) is 5.12. The molecule has 1 aromatic rings. The third-order valence-electron chi connectivity index (χ3n) is 3.07. The van der Waals surface area contributed by atoms with E-state index in [1.165, 1.54) is 6.20 Å². The Kier molecular flexibility index (Phi) is 4.18. The fourth-order valence-electron chi connectivity index (χ4n) is 2.27. The molecule has 0 bridgehead atoms. The maximum atomic E-state index is 5.78. The van der Waals surface area contributed by atoms with E-state index in [2.05, 4.69) is 29.1 Å². The fourth-order valence-corrected chi connectivity index (χ4v) is 2.42. The number of anilines is 1. The van der Waals surface area contributed by atoms with Crippen molar-refractivity contribution in [3.05, 3.63) is 17.5 Å². The number of nitrogens with zero attached hydrogens (tertiary/aromatic N) is 2. The summed E-state index contributed by atoms with van der Waals surface area (Å²) in [5.74, 6) is 1.82. The van der Waals surface area contributed by atoms with Crippen molar-refractivity contribution < 1.29 is 4.74 Å². The molecule has 0 aliphatic carbocycles. The van der Waals surface area contributed by atoms with Crippen LogP contribution in [0.15, 0.2) is 12.4 Å². The number of aromatic nitrogens is 2. The van der Waals surface area contributed by atoms with Crippen LogP contribution < -0.4 is 5.32 Å². The zero-order chi connectivity index (χ0) is 12.3. The molecule has 1 N–H and O–H groups in total. The molecule has 0 unspecified atom stereocenters. The largest absolute Gasteiger partial charge is 0.378 e. The number of hydrogen-bond donors (Lipinski definition) is 1. The molecule has 4 nitrogen and oxygen atoms in total. The van der Waals surface area contributed by atoms with Gasteiger partial charge >= 0.3 is 0 Å². The summed E-state index contributed by atoms with van der Waals surface area (Å²) in [5, 5.41) is 3.69. The third-order valence-corrected chi connectivity index (χ3v) is 3.25. The molecule has 0 saturated carbocycles. The van der Waals surface area contributed by atoms with Crippen molar-refractivity contribution in [2.24, 2.45) is 11.8 Å². The van der Waals surface area contributed by atoms with E-state index in [0.29, 0.717) is 23.1 Å². The van der Waals surface area contributed by atoms with Crippen LogP contribution in [-0.2, 0) is 4.74 Å². The van der Waals surface area contributed by atoms with E-state index in [1.54, 1.807) is 6.20 Å². The molecule has 1 fully saturated rings. The highest BCUT2D eigenvalue weighted by molar-refractivity contribution is 6.29. The van der Waals surface area contributed by atoms with Crippen LogP contribution in [-0.4, -0.2) is 29.2 Å². The average Bonchev–Trinajstić information content (AvgIpc) is 2.74. The van der Waals surface area contributed by atoms with E-state index < -0.39 is 0 Å². The predicted octanol–water partition coefficient (Wildman–Crippen LogP) is 2.60. The van der Waals surface area contributed by atoms with Crippen LogP contribution in [0.1, 0.15) is 20.3 Å². The zero-order valence-corrected chi connectivity index (χ0v) is 10.9. The zero-order valence-electron chi connectivity index (χ0n) is 10.2. The van der Waals surface area contributed by atoms with Crippen molar-refractivity contribution in [3.8, 4) is 0 Å². The Balaban J connectivity index is 1.89. The van der Waals surface area contributed by atoms with Gasteiger partial charge in [-0.25, -0.2) is 4.98 Å². The van der Waals surface area contributed by atoms with Gasteiger partial charge in [0.05, 0.1) is 18.5 Å². The summed E-state index contributed by atoms with van der Waals surface area (Å²) in [7, 11) is 0. The molecule has 17 heavy (non-hydrogen) atoms. The number of hydrogen-bond acceptors (Lipinski definition) is 4. The highest BCUT2D eigenvalue weighted by Gasteiger charge is 2.30. The van der Waals surface area contributed by atoms with Crippen molar-refractivity contribution in [1.29, 1.82) is 0 Å². The minimum atomic E-state index is 0.342. The van der Waals surface area contributed by atoms with Crippen LogP contribution in [0.2, 0.25) is 5.15 Å². The van der Waals surface area contributed by atoms with E-state index in [4.69, 9.17) is 16.3 Å². The Labute approximate surface area is 107 Å². The van der Waals surface area contributed by atoms with Crippen molar-refractivity contribution in [2.45, 2.75) is 26.4 Å². The molecule has 2 rings (SSSR count). The second-order valence-electron chi connectivity index (χ2n) is 4.74. The number of ether oxygens (including phenoxy) is 1. The number of nitrogens with one attached hydrogen (secondary N) is 1. The monoisotopic (exact) mass is 255 g/mol. The SMILES string of the molecule is CC(C)[C@@H]1OCC[C@H]1CNc1cncc(Cl)n1. The first-order valence-corrected chi connectivity index (χ1v) is 6.37. The predicted molar refractivity (Wildman–Crippen MR) is 68.2 cm³/mol. The van der Waals surface area contributed by atoms with Gasteiger partial charge in [-0.05, 0) is 12.3 Å². The average molecular weight is 256 g/mol. The maximum Gasteiger partial charge on any atom is 0.149 e. The lowest BCUT2D eigenvalue weighted by Gasteiger charge is -2.22. The molecule has 0 radical (unpaired) electrons. The summed E-state index contributed by atoms with van der Waals surface area (Å²) in [5.41, 5.74) is 0. The van der Waals surface area contributed by atoms with Gasteiger partial charge in [-0.3, -0.25) is 4.98 Å². The molecule has 94 valence electrons. The molecule has 2 heterocycles. The Hall–Kier alpha value is -0.870. The van der Waals surface area contributed by atoms with Gasteiger partial charge < -0.3 is 10.1 Å². The Bertz CT molecular complexity index is 373. The van der Waals surface area contributed by atoms with Crippen molar-refractivity contribution in [1.82, 2.24) is 9.97 Å². The topological polar surface area (TPSA) is 47.0 Å². The summed E-state index contributed by atoms with van der Waals surface area (Å²) in [6, 6.07) is 0. The molecule has 2 atom stereocenters. The van der Waals surface area contributed by atoms with Gasteiger partial charge in [-0.1, -0.05) is 25.4 Å². The smallest absolute Gasteiger partial charge is 0.149 e. The van der Waals surface area contributed by atoms with Crippen LogP contribution in [0.5, 0.6) is 0 Å².